The fraction of sp³-hybridized carbons (Fsp3) is 0.333. The van der Waals surface area contributed by atoms with Crippen LogP contribution in [0.25, 0.3) is 33.4 Å². The monoisotopic (exact) mass is 563 g/mol. The van der Waals surface area contributed by atoms with Crippen LogP contribution in [0, 0.1) is 13.8 Å². The van der Waals surface area contributed by atoms with E-state index in [1.165, 1.54) is 0 Å². The maximum Gasteiger partial charge on any atom is 0.225 e. The second-order valence-corrected chi connectivity index (χ2v) is 10.9. The Morgan fingerprint density at radius 3 is 2.52 bits per heavy atom. The highest BCUT2D eigenvalue weighted by Crippen LogP contribution is 2.29. The number of rotatable bonds is 9. The fourth-order valence-corrected chi connectivity index (χ4v) is 5.42. The number of piperazine rings is 1. The van der Waals surface area contributed by atoms with E-state index in [4.69, 9.17) is 24.1 Å². The average Bonchev–Trinajstić information content (AvgIpc) is 3.40. The molecule has 3 aromatic heterocycles. The Morgan fingerprint density at radius 2 is 1.74 bits per heavy atom. The predicted octanol–water partition coefficient (Wildman–Crippen LogP) is 5.91. The Balaban J connectivity index is 1.14. The molecule has 42 heavy (non-hydrogen) atoms. The number of benzene rings is 2. The van der Waals surface area contributed by atoms with E-state index in [1.54, 1.807) is 13.4 Å². The summed E-state index contributed by atoms with van der Waals surface area (Å²) in [6, 6.07) is 16.7. The van der Waals surface area contributed by atoms with Crippen LogP contribution in [0.1, 0.15) is 29.9 Å². The lowest BCUT2D eigenvalue weighted by Crippen LogP contribution is -2.47. The van der Waals surface area contributed by atoms with Crippen LogP contribution in [-0.4, -0.2) is 71.3 Å². The summed E-state index contributed by atoms with van der Waals surface area (Å²) in [7, 11) is 1.75. The average molecular weight is 564 g/mol. The predicted molar refractivity (Wildman–Crippen MR) is 167 cm³/mol. The highest BCUT2D eigenvalue weighted by molar-refractivity contribution is 5.85. The summed E-state index contributed by atoms with van der Waals surface area (Å²) in [5.74, 6) is 2.29. The van der Waals surface area contributed by atoms with Crippen molar-refractivity contribution in [2.24, 2.45) is 0 Å². The summed E-state index contributed by atoms with van der Waals surface area (Å²) in [6.45, 7) is 11.7. The SMILES string of the molecule is COCCN1CCN(c2ncc(-c3cccc([C@H](C)Nc4cc(-c5ccc6occ(C)c6c5)nc(C)n4)c3)cn2)CC1. The molecular formula is C33H37N7O2. The molecule has 216 valence electrons. The molecule has 4 heterocycles. The number of methoxy groups -OCH3 is 1. The zero-order chi connectivity index (χ0) is 29.1. The second-order valence-electron chi connectivity index (χ2n) is 10.9. The van der Waals surface area contributed by atoms with Gasteiger partial charge in [0.15, 0.2) is 0 Å². The van der Waals surface area contributed by atoms with Gasteiger partial charge < -0.3 is 19.4 Å². The number of hydrogen-bond donors (Lipinski definition) is 1. The maximum absolute atomic E-state index is 5.62. The van der Waals surface area contributed by atoms with Crippen molar-refractivity contribution < 1.29 is 9.15 Å². The normalized spacial score (nSPS) is 14.8. The van der Waals surface area contributed by atoms with Gasteiger partial charge in [0.2, 0.25) is 5.95 Å². The molecule has 0 amide bonds. The van der Waals surface area contributed by atoms with Crippen molar-refractivity contribution in [1.29, 1.82) is 0 Å². The summed E-state index contributed by atoms with van der Waals surface area (Å²) < 4.78 is 10.8. The van der Waals surface area contributed by atoms with Gasteiger partial charge in [-0.25, -0.2) is 19.9 Å². The zero-order valence-corrected chi connectivity index (χ0v) is 24.7. The highest BCUT2D eigenvalue weighted by atomic mass is 16.5. The lowest BCUT2D eigenvalue weighted by Gasteiger charge is -2.34. The van der Waals surface area contributed by atoms with Gasteiger partial charge in [0.1, 0.15) is 17.2 Å². The number of anilines is 2. The van der Waals surface area contributed by atoms with Gasteiger partial charge in [-0.15, -0.1) is 0 Å². The first kappa shape index (κ1) is 27.8. The molecule has 0 unspecified atom stereocenters. The third-order valence-electron chi connectivity index (χ3n) is 7.89. The Morgan fingerprint density at radius 1 is 0.929 bits per heavy atom. The quantitative estimate of drug-likeness (QED) is 0.235. The van der Waals surface area contributed by atoms with Crippen LogP contribution >= 0.6 is 0 Å². The van der Waals surface area contributed by atoms with E-state index in [0.717, 1.165) is 95.6 Å². The van der Waals surface area contributed by atoms with Crippen LogP contribution in [0.5, 0.6) is 0 Å². The molecule has 2 aromatic carbocycles. The van der Waals surface area contributed by atoms with Crippen molar-refractivity contribution in [1.82, 2.24) is 24.8 Å². The zero-order valence-electron chi connectivity index (χ0n) is 24.7. The van der Waals surface area contributed by atoms with Gasteiger partial charge in [-0.3, -0.25) is 4.90 Å². The molecule has 1 aliphatic rings. The molecule has 0 radical (unpaired) electrons. The molecule has 1 saturated heterocycles. The Kier molecular flexibility index (Phi) is 8.12. The van der Waals surface area contributed by atoms with Gasteiger partial charge in [0, 0.05) is 80.8 Å². The lowest BCUT2D eigenvalue weighted by molar-refractivity contribution is 0.143. The number of aryl methyl sites for hydroxylation is 2. The van der Waals surface area contributed by atoms with Gasteiger partial charge in [0.25, 0.3) is 0 Å². The number of aromatic nitrogens is 4. The van der Waals surface area contributed by atoms with Gasteiger partial charge in [-0.1, -0.05) is 18.2 Å². The molecule has 5 aromatic rings. The minimum Gasteiger partial charge on any atom is -0.464 e. The van der Waals surface area contributed by atoms with Gasteiger partial charge >= 0.3 is 0 Å². The van der Waals surface area contributed by atoms with Crippen molar-refractivity contribution in [3.63, 3.8) is 0 Å². The molecule has 0 bridgehead atoms. The number of fused-ring (bicyclic) bond motifs is 1. The summed E-state index contributed by atoms with van der Waals surface area (Å²) in [5.41, 5.74) is 7.13. The number of ether oxygens (including phenoxy) is 1. The Bertz CT molecular complexity index is 1660. The molecule has 1 aliphatic heterocycles. The van der Waals surface area contributed by atoms with E-state index in [0.29, 0.717) is 5.82 Å². The minimum absolute atomic E-state index is 0.0280. The summed E-state index contributed by atoms with van der Waals surface area (Å²) in [4.78, 5) is 23.5. The smallest absolute Gasteiger partial charge is 0.225 e. The Labute approximate surface area is 246 Å². The standard InChI is InChI=1S/C33H37N7O2/c1-22-21-42-31-9-8-27(17-29(22)31)30-18-32(38-24(3)37-30)36-23(2)25-6-5-7-26(16-25)28-19-34-33(35-20-28)40-12-10-39(11-13-40)14-15-41-4/h5-9,16-21,23H,10-15H2,1-4H3,(H,36,37,38)/t23-/m0/s1. The molecule has 1 N–H and O–H groups in total. The topological polar surface area (TPSA) is 92.4 Å². The fourth-order valence-electron chi connectivity index (χ4n) is 5.42. The van der Waals surface area contributed by atoms with Crippen LogP contribution in [-0.2, 0) is 4.74 Å². The van der Waals surface area contributed by atoms with Crippen molar-refractivity contribution in [2.75, 3.05) is 56.7 Å². The lowest BCUT2D eigenvalue weighted by atomic mass is 10.0. The number of nitrogens with zero attached hydrogens (tertiary/aromatic N) is 6. The van der Waals surface area contributed by atoms with Gasteiger partial charge in [-0.05, 0) is 61.7 Å². The largest absolute Gasteiger partial charge is 0.464 e. The van der Waals surface area contributed by atoms with Crippen LogP contribution < -0.4 is 10.2 Å². The van der Waals surface area contributed by atoms with Crippen LogP contribution in [0.15, 0.2) is 71.6 Å². The molecule has 9 nitrogen and oxygen atoms in total. The first-order valence-electron chi connectivity index (χ1n) is 14.5. The van der Waals surface area contributed by atoms with Crippen molar-refractivity contribution in [3.8, 4) is 22.4 Å². The van der Waals surface area contributed by atoms with E-state index >= 15 is 0 Å². The number of furan rings is 1. The number of hydrogen-bond acceptors (Lipinski definition) is 9. The molecule has 1 fully saturated rings. The van der Waals surface area contributed by atoms with Crippen LogP contribution in [0.4, 0.5) is 11.8 Å². The van der Waals surface area contributed by atoms with Crippen molar-refractivity contribution in [2.45, 2.75) is 26.8 Å². The van der Waals surface area contributed by atoms with E-state index in [-0.39, 0.29) is 6.04 Å². The van der Waals surface area contributed by atoms with Crippen molar-refractivity contribution >= 4 is 22.7 Å². The highest BCUT2D eigenvalue weighted by Gasteiger charge is 2.19. The molecule has 9 heteroatoms. The van der Waals surface area contributed by atoms with Crippen LogP contribution in [0.2, 0.25) is 0 Å². The third kappa shape index (κ3) is 6.12. The molecule has 0 aliphatic carbocycles. The summed E-state index contributed by atoms with van der Waals surface area (Å²) in [6.07, 6.45) is 5.64. The minimum atomic E-state index is 0.0280. The van der Waals surface area contributed by atoms with E-state index in [1.807, 2.05) is 37.5 Å². The molecule has 0 spiro atoms. The second kappa shape index (κ2) is 12.3. The first-order valence-corrected chi connectivity index (χ1v) is 14.5. The summed E-state index contributed by atoms with van der Waals surface area (Å²) in [5, 5.41) is 4.68. The summed E-state index contributed by atoms with van der Waals surface area (Å²) >= 11 is 0. The van der Waals surface area contributed by atoms with Gasteiger partial charge in [-0.2, -0.15) is 0 Å². The van der Waals surface area contributed by atoms with Crippen LogP contribution in [0.3, 0.4) is 0 Å². The molecular weight excluding hydrogens is 526 g/mol. The van der Waals surface area contributed by atoms with Crippen molar-refractivity contribution in [3.05, 3.63) is 84.1 Å². The van der Waals surface area contributed by atoms with E-state index in [9.17, 15) is 0 Å². The molecule has 6 rings (SSSR count). The maximum atomic E-state index is 5.62. The molecule has 1 atom stereocenters. The molecule has 0 saturated carbocycles. The van der Waals surface area contributed by atoms with E-state index in [2.05, 4.69) is 64.3 Å². The Hall–Kier alpha value is -4.34. The first-order chi connectivity index (χ1) is 20.5. The third-order valence-corrected chi connectivity index (χ3v) is 7.89. The van der Waals surface area contributed by atoms with Gasteiger partial charge in [0.05, 0.1) is 18.6 Å². The van der Waals surface area contributed by atoms with E-state index < -0.39 is 0 Å². The number of nitrogens with one attached hydrogen (secondary N) is 1.